The lowest BCUT2D eigenvalue weighted by Gasteiger charge is -2.26. The Hall–Kier alpha value is -8.52. The zero-order valence-electron chi connectivity index (χ0n) is 37.5. The number of hydrogen-bond acceptors (Lipinski definition) is 13. The lowest BCUT2D eigenvalue weighted by atomic mass is 9.99. The van der Waals surface area contributed by atoms with E-state index in [1.165, 1.54) is 36.4 Å². The Bertz CT molecular complexity index is 3080. The number of non-ortho nitro benzene ring substituents is 1. The van der Waals surface area contributed by atoms with E-state index >= 15 is 0 Å². The Kier molecular flexibility index (Phi) is 16.4. The quantitative estimate of drug-likeness (QED) is 0.0248. The molecule has 366 valence electrons. The number of phosphoric acid groups is 1. The van der Waals surface area contributed by atoms with Crippen molar-refractivity contribution in [3.8, 4) is 5.75 Å². The smallest absolute Gasteiger partial charge is 0.480 e. The van der Waals surface area contributed by atoms with Gasteiger partial charge in [-0.3, -0.25) is 39.1 Å². The van der Waals surface area contributed by atoms with Crippen LogP contribution in [0.4, 0.5) is 11.4 Å². The maximum absolute atomic E-state index is 14.6. The summed E-state index contributed by atoms with van der Waals surface area (Å²) in [5.74, 6) is -4.50. The summed E-state index contributed by atoms with van der Waals surface area (Å²) in [4.78, 5) is 98.5. The fourth-order valence-corrected chi connectivity index (χ4v) is 8.12. The van der Waals surface area contributed by atoms with Gasteiger partial charge in [-0.15, -0.1) is 0 Å². The normalized spacial score (nSPS) is 13.0. The van der Waals surface area contributed by atoms with E-state index in [1.54, 1.807) is 60.7 Å². The van der Waals surface area contributed by atoms with Gasteiger partial charge in [0.15, 0.2) is 5.52 Å². The van der Waals surface area contributed by atoms with Crippen LogP contribution in [-0.4, -0.2) is 90.4 Å². The number of phosphoric ester groups is 1. The standard InChI is InChI=1S/C49H47N8O13P/c58-43(23-24-50-37-21-22-42(57(64)65)45-44(37)55-70-56-45)51-38(29-33-15-18-34-13-7-8-14-35(34)25-33)46(59)52-39(26-30-9-3-1-4-10-30)47(60)53-40(27-31-11-5-2-6-12-31)48(61)54-41(49(62)63)28-32-16-19-36(20-17-32)69-71(66,67)68/h1-22,25,38-41,50H,23-24,26-29H2,(H,51,58)(H,52,59)(H,53,60)(H,54,61)(H,62,63)(H2,66,67,68)/t38?,39?,40-,41?/m1/s1. The van der Waals surface area contributed by atoms with Crippen LogP contribution >= 0.6 is 7.82 Å². The van der Waals surface area contributed by atoms with Gasteiger partial charge in [-0.1, -0.05) is 115 Å². The number of hydrogen-bond donors (Lipinski definition) is 8. The van der Waals surface area contributed by atoms with Gasteiger partial charge in [0.25, 0.3) is 0 Å². The molecule has 0 saturated carbocycles. The summed E-state index contributed by atoms with van der Waals surface area (Å²) < 4.78 is 20.6. The number of nitrogens with one attached hydrogen (secondary N) is 5. The van der Waals surface area contributed by atoms with E-state index in [9.17, 15) is 43.8 Å². The monoisotopic (exact) mass is 986 g/mol. The van der Waals surface area contributed by atoms with Crippen molar-refractivity contribution in [2.24, 2.45) is 0 Å². The van der Waals surface area contributed by atoms with E-state index in [1.807, 2.05) is 42.5 Å². The Morgan fingerprint density at radius 3 is 1.68 bits per heavy atom. The zero-order valence-corrected chi connectivity index (χ0v) is 38.4. The van der Waals surface area contributed by atoms with Gasteiger partial charge in [0, 0.05) is 44.7 Å². The predicted molar refractivity (Wildman–Crippen MR) is 258 cm³/mol. The van der Waals surface area contributed by atoms with Crippen molar-refractivity contribution in [3.05, 3.63) is 172 Å². The number of anilines is 1. The highest BCUT2D eigenvalue weighted by atomic mass is 31.2. The van der Waals surface area contributed by atoms with Crippen LogP contribution in [0, 0.1) is 10.1 Å². The predicted octanol–water partition coefficient (Wildman–Crippen LogP) is 4.55. The summed E-state index contributed by atoms with van der Waals surface area (Å²) >= 11 is 0. The van der Waals surface area contributed by atoms with Crippen LogP contribution in [0.15, 0.2) is 144 Å². The fourth-order valence-electron chi connectivity index (χ4n) is 7.73. The van der Waals surface area contributed by atoms with Crippen molar-refractivity contribution in [3.63, 3.8) is 0 Å². The summed E-state index contributed by atoms with van der Waals surface area (Å²) in [6.07, 6.45) is -0.575. The first-order valence-electron chi connectivity index (χ1n) is 22.0. The summed E-state index contributed by atoms with van der Waals surface area (Å²) in [6.45, 7) is 0.00316. The molecule has 0 fully saturated rings. The molecule has 8 N–H and O–H groups in total. The van der Waals surface area contributed by atoms with Crippen molar-refractivity contribution in [2.45, 2.75) is 56.3 Å². The van der Waals surface area contributed by atoms with Crippen molar-refractivity contribution >= 4 is 70.6 Å². The third kappa shape index (κ3) is 14.3. The molecule has 4 atom stereocenters. The molecule has 0 radical (unpaired) electrons. The summed E-state index contributed by atoms with van der Waals surface area (Å²) in [7, 11) is -4.85. The number of aliphatic carboxylic acids is 1. The Balaban J connectivity index is 1.11. The van der Waals surface area contributed by atoms with E-state index in [-0.39, 0.29) is 61.1 Å². The number of fused-ring (bicyclic) bond motifs is 2. The zero-order chi connectivity index (χ0) is 50.5. The van der Waals surface area contributed by atoms with Crippen LogP contribution in [0.5, 0.6) is 5.75 Å². The average molecular weight is 987 g/mol. The minimum atomic E-state index is -4.85. The second kappa shape index (κ2) is 23.2. The van der Waals surface area contributed by atoms with Crippen molar-refractivity contribution < 1.29 is 57.5 Å². The molecule has 0 bridgehead atoms. The molecule has 21 nitrogen and oxygen atoms in total. The number of nitro benzene ring substituents is 1. The SMILES string of the molecule is O=C(CCNc1ccc([N+](=O)[O-])c2nonc12)NC(Cc1ccc2ccccc2c1)C(=O)NC(Cc1ccccc1)C(=O)N[C@H](Cc1ccccc1)C(=O)NC(Cc1ccc(OP(=O)(O)O)cc1)C(=O)O. The van der Waals surface area contributed by atoms with Gasteiger partial charge >= 0.3 is 19.5 Å². The van der Waals surface area contributed by atoms with Gasteiger partial charge in [0.1, 0.15) is 29.9 Å². The van der Waals surface area contributed by atoms with Crippen molar-refractivity contribution in [1.29, 1.82) is 0 Å². The molecule has 1 aromatic heterocycles. The maximum atomic E-state index is 14.6. The molecule has 0 aliphatic carbocycles. The highest BCUT2D eigenvalue weighted by Crippen LogP contribution is 2.37. The first kappa shape index (κ1) is 50.4. The van der Waals surface area contributed by atoms with E-state index in [0.29, 0.717) is 27.9 Å². The first-order chi connectivity index (χ1) is 34.1. The van der Waals surface area contributed by atoms with E-state index in [4.69, 9.17) is 14.4 Å². The molecule has 7 aromatic rings. The highest BCUT2D eigenvalue weighted by Gasteiger charge is 2.32. The molecular formula is C49H47N8O13P. The molecule has 22 heteroatoms. The van der Waals surface area contributed by atoms with Gasteiger partial charge in [0.05, 0.1) is 10.6 Å². The van der Waals surface area contributed by atoms with Crippen LogP contribution in [0.25, 0.3) is 21.8 Å². The molecule has 1 heterocycles. The number of carbonyl (C=O) groups excluding carboxylic acids is 4. The van der Waals surface area contributed by atoms with E-state index in [0.717, 1.165) is 10.8 Å². The minimum Gasteiger partial charge on any atom is -0.480 e. The van der Waals surface area contributed by atoms with Gasteiger partial charge in [0.2, 0.25) is 29.1 Å². The molecule has 0 aliphatic heterocycles. The van der Waals surface area contributed by atoms with Crippen LogP contribution in [0.1, 0.15) is 28.7 Å². The lowest BCUT2D eigenvalue weighted by Crippen LogP contribution is -2.59. The summed E-state index contributed by atoms with van der Waals surface area (Å²) in [5.41, 5.74) is 2.34. The molecule has 3 unspecified atom stereocenters. The summed E-state index contributed by atoms with van der Waals surface area (Å²) in [6, 6.07) is 33.0. The first-order valence-corrected chi connectivity index (χ1v) is 23.6. The van der Waals surface area contributed by atoms with Crippen LogP contribution in [-0.2, 0) is 54.2 Å². The van der Waals surface area contributed by atoms with Crippen molar-refractivity contribution in [1.82, 2.24) is 31.6 Å². The molecule has 0 spiro atoms. The third-order valence-corrected chi connectivity index (χ3v) is 11.6. The van der Waals surface area contributed by atoms with E-state index < -0.39 is 66.5 Å². The number of nitro groups is 1. The maximum Gasteiger partial charge on any atom is 0.524 e. The molecular weight excluding hydrogens is 940 g/mol. The second-order valence-electron chi connectivity index (χ2n) is 16.4. The number of nitrogens with zero attached hydrogens (tertiary/aromatic N) is 3. The van der Waals surface area contributed by atoms with Gasteiger partial charge in [-0.25, -0.2) is 14.0 Å². The topological polar surface area (TPSA) is 315 Å². The second-order valence-corrected chi connectivity index (χ2v) is 17.5. The number of carboxylic acids is 1. The fraction of sp³-hybridized carbons (Fsp3) is 0.204. The van der Waals surface area contributed by atoms with Crippen LogP contribution in [0.3, 0.4) is 0 Å². The molecule has 4 amide bonds. The Labute approximate surface area is 404 Å². The average Bonchev–Trinajstić information content (AvgIpc) is 3.84. The summed E-state index contributed by atoms with van der Waals surface area (Å²) in [5, 5.41) is 44.7. The number of carboxylic acid groups (broad SMARTS) is 1. The number of amides is 4. The number of aromatic nitrogens is 2. The lowest BCUT2D eigenvalue weighted by molar-refractivity contribution is -0.383. The Morgan fingerprint density at radius 2 is 1.10 bits per heavy atom. The van der Waals surface area contributed by atoms with Gasteiger partial charge in [-0.2, -0.15) is 0 Å². The minimum absolute atomic E-state index is 0.00185. The van der Waals surface area contributed by atoms with Crippen molar-refractivity contribution in [2.75, 3.05) is 11.9 Å². The Morgan fingerprint density at radius 1 is 0.606 bits per heavy atom. The molecule has 6 aromatic carbocycles. The molecule has 7 rings (SSSR count). The van der Waals surface area contributed by atoms with E-state index in [2.05, 4.69) is 41.4 Å². The number of benzene rings is 6. The third-order valence-electron chi connectivity index (χ3n) is 11.2. The van der Waals surface area contributed by atoms with Crippen LogP contribution < -0.4 is 31.1 Å². The highest BCUT2D eigenvalue weighted by molar-refractivity contribution is 7.46. The largest absolute Gasteiger partial charge is 0.524 e. The van der Waals surface area contributed by atoms with Crippen LogP contribution in [0.2, 0.25) is 0 Å². The molecule has 0 saturated heterocycles. The number of carbonyl (C=O) groups is 5. The molecule has 71 heavy (non-hydrogen) atoms. The van der Waals surface area contributed by atoms with Gasteiger partial charge < -0.3 is 36.2 Å². The van der Waals surface area contributed by atoms with Gasteiger partial charge in [-0.05, 0) is 61.5 Å². The number of rotatable bonds is 23. The molecule has 0 aliphatic rings.